The number of allylic oxidation sites excluding steroid dienone is 4. The highest BCUT2D eigenvalue weighted by molar-refractivity contribution is 5.80. The number of aliphatic hydroxyl groups is 7. The molecule has 1 amide bonds. The van der Waals surface area contributed by atoms with Crippen LogP contribution in [0.4, 0.5) is 0 Å². The molecule has 1 rings (SSSR count). The zero-order valence-corrected chi connectivity index (χ0v) is 47.4. The molecule has 1 aliphatic heterocycles. The number of hydrogen-bond donors (Lipinski definition) is 8. The van der Waals surface area contributed by atoms with Crippen molar-refractivity contribution in [2.24, 2.45) is 0 Å². The van der Waals surface area contributed by atoms with Crippen LogP contribution in [0.1, 0.15) is 296 Å². The van der Waals surface area contributed by atoms with Gasteiger partial charge >= 0.3 is 0 Å². The maximum Gasteiger partial charge on any atom is 0.249 e. The summed E-state index contributed by atoms with van der Waals surface area (Å²) in [6.45, 7) is 3.48. The standard InChI is InChI=1S/C62H119NO10/c1-3-5-7-9-11-13-15-17-19-21-23-24-25-26-27-28-29-30-32-33-35-37-39-41-43-45-47-49-54(65)57(67)53(52-72-62-60(70)59(69)58(68)56(51-64)73-62)63-61(71)55(66)50-48-46-44-42-40-38-36-34-31-22-20-18-16-14-12-10-8-6-4-2/h31,34,41,43,53-60,62,64-70H,3-30,32-33,35-40,42,44-52H2,1-2H3,(H,63,71)/b34-31-,43-41+. The summed E-state index contributed by atoms with van der Waals surface area (Å²) >= 11 is 0. The normalized spacial score (nSPS) is 20.0. The van der Waals surface area contributed by atoms with Crippen LogP contribution in [0.2, 0.25) is 0 Å². The molecule has 73 heavy (non-hydrogen) atoms. The van der Waals surface area contributed by atoms with Crippen molar-refractivity contribution in [3.63, 3.8) is 0 Å². The summed E-state index contributed by atoms with van der Waals surface area (Å²) in [7, 11) is 0. The van der Waals surface area contributed by atoms with Crippen molar-refractivity contribution in [2.45, 2.75) is 351 Å². The summed E-state index contributed by atoms with van der Waals surface area (Å²) < 4.78 is 11.1. The smallest absolute Gasteiger partial charge is 0.249 e. The second kappa shape index (κ2) is 51.4. The number of ether oxygens (including phenoxy) is 2. The molecule has 1 heterocycles. The Morgan fingerprint density at radius 2 is 0.808 bits per heavy atom. The number of nitrogens with one attached hydrogen (secondary N) is 1. The highest BCUT2D eigenvalue weighted by Crippen LogP contribution is 2.23. The molecule has 0 saturated carbocycles. The average molecular weight is 1040 g/mol. The quantitative estimate of drug-likeness (QED) is 0.0215. The fourth-order valence-electron chi connectivity index (χ4n) is 10.1. The Morgan fingerprint density at radius 1 is 0.466 bits per heavy atom. The molecule has 1 fully saturated rings. The van der Waals surface area contributed by atoms with Gasteiger partial charge in [0.2, 0.25) is 5.91 Å². The molecule has 9 unspecified atom stereocenters. The molecular formula is C62H119NO10. The number of hydrogen-bond acceptors (Lipinski definition) is 10. The van der Waals surface area contributed by atoms with Crippen LogP contribution in [-0.4, -0.2) is 110 Å². The van der Waals surface area contributed by atoms with Crippen molar-refractivity contribution in [2.75, 3.05) is 13.2 Å². The van der Waals surface area contributed by atoms with Crippen LogP contribution < -0.4 is 5.32 Å². The van der Waals surface area contributed by atoms with E-state index in [4.69, 9.17) is 9.47 Å². The van der Waals surface area contributed by atoms with E-state index in [0.29, 0.717) is 12.8 Å². The van der Waals surface area contributed by atoms with Crippen LogP contribution in [0.15, 0.2) is 24.3 Å². The van der Waals surface area contributed by atoms with Gasteiger partial charge in [-0.3, -0.25) is 4.79 Å². The van der Waals surface area contributed by atoms with Gasteiger partial charge < -0.3 is 50.5 Å². The van der Waals surface area contributed by atoms with Crippen LogP contribution in [0.3, 0.4) is 0 Å². The second-order valence-electron chi connectivity index (χ2n) is 22.1. The lowest BCUT2D eigenvalue weighted by Gasteiger charge is -2.40. The van der Waals surface area contributed by atoms with Gasteiger partial charge in [0.05, 0.1) is 25.4 Å². The Balaban J connectivity index is 2.28. The van der Waals surface area contributed by atoms with Gasteiger partial charge in [-0.05, 0) is 64.2 Å². The zero-order valence-electron chi connectivity index (χ0n) is 47.4. The molecule has 8 N–H and O–H groups in total. The summed E-state index contributed by atoms with van der Waals surface area (Å²) in [6, 6.07) is -1.19. The van der Waals surface area contributed by atoms with E-state index >= 15 is 0 Å². The van der Waals surface area contributed by atoms with Crippen LogP contribution in [-0.2, 0) is 14.3 Å². The number of carbonyl (C=O) groups is 1. The van der Waals surface area contributed by atoms with Crippen molar-refractivity contribution in [3.05, 3.63) is 24.3 Å². The third-order valence-electron chi connectivity index (χ3n) is 15.2. The minimum Gasteiger partial charge on any atom is -0.394 e. The third-order valence-corrected chi connectivity index (χ3v) is 15.2. The molecule has 11 heteroatoms. The average Bonchev–Trinajstić information content (AvgIpc) is 3.39. The number of rotatable bonds is 54. The molecule has 1 saturated heterocycles. The van der Waals surface area contributed by atoms with Crippen LogP contribution >= 0.6 is 0 Å². The zero-order chi connectivity index (χ0) is 53.3. The Labute approximate surface area is 448 Å². The molecule has 432 valence electrons. The minimum absolute atomic E-state index is 0.248. The van der Waals surface area contributed by atoms with E-state index in [9.17, 15) is 40.5 Å². The van der Waals surface area contributed by atoms with E-state index in [1.807, 2.05) is 0 Å². The number of aliphatic hydroxyl groups excluding tert-OH is 7. The highest BCUT2D eigenvalue weighted by atomic mass is 16.7. The number of amides is 1. The maximum atomic E-state index is 13.2. The van der Waals surface area contributed by atoms with Gasteiger partial charge in [0.15, 0.2) is 6.29 Å². The van der Waals surface area contributed by atoms with Crippen LogP contribution in [0, 0.1) is 0 Å². The van der Waals surface area contributed by atoms with Gasteiger partial charge in [-0.25, -0.2) is 0 Å². The Hall–Kier alpha value is -1.41. The van der Waals surface area contributed by atoms with Crippen molar-refractivity contribution in [1.82, 2.24) is 5.32 Å². The Kier molecular flexibility index (Phi) is 49.0. The Bertz CT molecular complexity index is 1240. The van der Waals surface area contributed by atoms with Crippen molar-refractivity contribution >= 4 is 5.91 Å². The monoisotopic (exact) mass is 1040 g/mol. The van der Waals surface area contributed by atoms with E-state index in [0.717, 1.165) is 57.8 Å². The molecule has 0 aromatic heterocycles. The van der Waals surface area contributed by atoms with E-state index in [1.54, 1.807) is 0 Å². The molecule has 1 aliphatic rings. The van der Waals surface area contributed by atoms with E-state index in [-0.39, 0.29) is 12.8 Å². The number of unbranched alkanes of at least 4 members (excludes halogenated alkanes) is 38. The SMILES string of the molecule is CCCCCCCCCCC/C=C\CCCCCCCCC(O)C(=O)NC(COC1OC(CO)C(O)C(O)C1O)C(O)C(O)CCC/C=C/CCCCCCCCCCCCCCCCCCCCCCCC. The molecular weight excluding hydrogens is 919 g/mol. The van der Waals surface area contributed by atoms with Gasteiger partial charge in [0.25, 0.3) is 0 Å². The van der Waals surface area contributed by atoms with E-state index in [1.165, 1.54) is 199 Å². The van der Waals surface area contributed by atoms with Gasteiger partial charge in [-0.15, -0.1) is 0 Å². The molecule has 0 aliphatic carbocycles. The summed E-state index contributed by atoms with van der Waals surface area (Å²) in [6.07, 6.45) is 51.0. The molecule has 0 spiro atoms. The second-order valence-corrected chi connectivity index (χ2v) is 22.1. The van der Waals surface area contributed by atoms with Crippen LogP contribution in [0.25, 0.3) is 0 Å². The minimum atomic E-state index is -1.67. The first-order chi connectivity index (χ1) is 35.7. The fourth-order valence-corrected chi connectivity index (χ4v) is 10.1. The molecule has 0 aromatic rings. The van der Waals surface area contributed by atoms with Gasteiger partial charge in [-0.1, -0.05) is 256 Å². The van der Waals surface area contributed by atoms with Crippen molar-refractivity contribution in [1.29, 1.82) is 0 Å². The lowest BCUT2D eigenvalue weighted by atomic mass is 9.98. The van der Waals surface area contributed by atoms with Crippen molar-refractivity contribution < 1.29 is 50.0 Å². The first-order valence-corrected chi connectivity index (χ1v) is 31.2. The van der Waals surface area contributed by atoms with Crippen molar-refractivity contribution in [3.8, 4) is 0 Å². The van der Waals surface area contributed by atoms with Gasteiger partial charge in [0, 0.05) is 0 Å². The maximum absolute atomic E-state index is 13.2. The lowest BCUT2D eigenvalue weighted by Crippen LogP contribution is -2.60. The number of carbonyl (C=O) groups excluding carboxylic acids is 1. The first-order valence-electron chi connectivity index (χ1n) is 31.2. The summed E-state index contributed by atoms with van der Waals surface area (Å²) in [4.78, 5) is 13.2. The fraction of sp³-hybridized carbons (Fsp3) is 0.919. The highest BCUT2D eigenvalue weighted by Gasteiger charge is 2.44. The van der Waals surface area contributed by atoms with E-state index < -0.39 is 74.2 Å². The predicted molar refractivity (Wildman–Crippen MR) is 302 cm³/mol. The van der Waals surface area contributed by atoms with Crippen LogP contribution in [0.5, 0.6) is 0 Å². The lowest BCUT2D eigenvalue weighted by molar-refractivity contribution is -0.303. The molecule has 0 aromatic carbocycles. The summed E-state index contributed by atoms with van der Waals surface area (Å²) in [5.41, 5.74) is 0. The van der Waals surface area contributed by atoms with E-state index in [2.05, 4.69) is 43.5 Å². The first kappa shape index (κ1) is 69.6. The third kappa shape index (κ3) is 39.6. The summed E-state index contributed by atoms with van der Waals surface area (Å²) in [5.74, 6) is -0.707. The topological polar surface area (TPSA) is 189 Å². The summed E-state index contributed by atoms with van der Waals surface area (Å²) in [5, 5.41) is 76.2. The largest absolute Gasteiger partial charge is 0.394 e. The molecule has 9 atom stereocenters. The molecule has 0 bridgehead atoms. The van der Waals surface area contributed by atoms with Gasteiger partial charge in [-0.2, -0.15) is 0 Å². The molecule has 11 nitrogen and oxygen atoms in total. The Morgan fingerprint density at radius 3 is 1.18 bits per heavy atom. The molecule has 0 radical (unpaired) electrons. The predicted octanol–water partition coefficient (Wildman–Crippen LogP) is 13.7. The van der Waals surface area contributed by atoms with Gasteiger partial charge in [0.1, 0.15) is 36.6 Å².